The van der Waals surface area contributed by atoms with E-state index >= 15 is 0 Å². The predicted molar refractivity (Wildman–Crippen MR) is 95.4 cm³/mol. The molecule has 0 aliphatic carbocycles. The van der Waals surface area contributed by atoms with E-state index in [4.69, 9.17) is 0 Å². The van der Waals surface area contributed by atoms with Crippen molar-refractivity contribution in [2.75, 3.05) is 17.2 Å². The molecule has 0 aliphatic heterocycles. The van der Waals surface area contributed by atoms with Crippen molar-refractivity contribution in [1.82, 2.24) is 9.97 Å². The van der Waals surface area contributed by atoms with Gasteiger partial charge in [0.05, 0.1) is 11.1 Å². The van der Waals surface area contributed by atoms with E-state index in [1.807, 2.05) is 42.6 Å². The van der Waals surface area contributed by atoms with Crippen LogP contribution < -0.4 is 10.5 Å². The molecule has 0 aliphatic rings. The van der Waals surface area contributed by atoms with Gasteiger partial charge in [0.25, 0.3) is 5.56 Å². The number of rotatable bonds is 5. The van der Waals surface area contributed by atoms with Crippen LogP contribution in [0.15, 0.2) is 51.7 Å². The first kappa shape index (κ1) is 15.8. The van der Waals surface area contributed by atoms with Gasteiger partial charge in [-0.25, -0.2) is 4.98 Å². The molecule has 0 saturated carbocycles. The SMILES string of the molecule is CCN(C(=O)CSc1nc2sccc2c(=O)[nH]1)c1ccccc1. The Hall–Kier alpha value is -2.12. The summed E-state index contributed by atoms with van der Waals surface area (Å²) < 4.78 is 0. The van der Waals surface area contributed by atoms with E-state index in [2.05, 4.69) is 9.97 Å². The van der Waals surface area contributed by atoms with Gasteiger partial charge in [-0.3, -0.25) is 9.59 Å². The number of nitrogens with one attached hydrogen (secondary N) is 1. The number of carbonyl (C=O) groups is 1. The number of carbonyl (C=O) groups excluding carboxylic acids is 1. The second-order valence-corrected chi connectivity index (χ2v) is 6.63. The zero-order valence-electron chi connectivity index (χ0n) is 12.5. The third kappa shape index (κ3) is 3.46. The van der Waals surface area contributed by atoms with Gasteiger partial charge in [-0.2, -0.15) is 0 Å². The maximum atomic E-state index is 12.4. The summed E-state index contributed by atoms with van der Waals surface area (Å²) in [6.45, 7) is 2.53. The summed E-state index contributed by atoms with van der Waals surface area (Å²) in [7, 11) is 0. The number of amides is 1. The van der Waals surface area contributed by atoms with Gasteiger partial charge in [-0.1, -0.05) is 30.0 Å². The zero-order valence-corrected chi connectivity index (χ0v) is 14.1. The van der Waals surface area contributed by atoms with E-state index < -0.39 is 0 Å². The van der Waals surface area contributed by atoms with Crippen LogP contribution in [0, 0.1) is 0 Å². The Morgan fingerprint density at radius 2 is 2.09 bits per heavy atom. The summed E-state index contributed by atoms with van der Waals surface area (Å²) in [4.78, 5) is 33.9. The number of para-hydroxylation sites is 1. The molecule has 0 fully saturated rings. The third-order valence-corrected chi connectivity index (χ3v) is 5.00. The van der Waals surface area contributed by atoms with Crippen molar-refractivity contribution in [1.29, 1.82) is 0 Å². The molecule has 3 aromatic rings. The number of aromatic nitrogens is 2. The van der Waals surface area contributed by atoms with E-state index in [1.54, 1.807) is 11.0 Å². The van der Waals surface area contributed by atoms with Crippen LogP contribution in [0.2, 0.25) is 0 Å². The Kier molecular flexibility index (Phi) is 4.78. The minimum Gasteiger partial charge on any atom is -0.312 e. The zero-order chi connectivity index (χ0) is 16.2. The lowest BCUT2D eigenvalue weighted by Gasteiger charge is -2.20. The molecule has 23 heavy (non-hydrogen) atoms. The van der Waals surface area contributed by atoms with Crippen molar-refractivity contribution in [3.05, 3.63) is 52.1 Å². The molecule has 0 bridgehead atoms. The summed E-state index contributed by atoms with van der Waals surface area (Å²) in [6, 6.07) is 11.3. The smallest absolute Gasteiger partial charge is 0.260 e. The molecule has 0 radical (unpaired) electrons. The highest BCUT2D eigenvalue weighted by atomic mass is 32.2. The lowest BCUT2D eigenvalue weighted by atomic mass is 10.3. The lowest BCUT2D eigenvalue weighted by molar-refractivity contribution is -0.116. The van der Waals surface area contributed by atoms with Crippen LogP contribution >= 0.6 is 23.1 Å². The third-order valence-electron chi connectivity index (χ3n) is 3.33. The summed E-state index contributed by atoms with van der Waals surface area (Å²) >= 11 is 2.67. The Balaban J connectivity index is 1.73. The predicted octanol–water partition coefficient (Wildman–Crippen LogP) is 3.13. The average Bonchev–Trinajstić information content (AvgIpc) is 3.04. The van der Waals surface area contributed by atoms with E-state index in [0.29, 0.717) is 21.9 Å². The Bertz CT molecular complexity index is 874. The van der Waals surface area contributed by atoms with E-state index in [1.165, 1.54) is 23.1 Å². The highest BCUT2D eigenvalue weighted by Gasteiger charge is 2.15. The number of thiophene rings is 1. The van der Waals surface area contributed by atoms with Gasteiger partial charge in [0.15, 0.2) is 5.16 Å². The largest absolute Gasteiger partial charge is 0.312 e. The van der Waals surface area contributed by atoms with E-state index in [0.717, 1.165) is 5.69 Å². The highest BCUT2D eigenvalue weighted by Crippen LogP contribution is 2.20. The van der Waals surface area contributed by atoms with Gasteiger partial charge < -0.3 is 9.88 Å². The van der Waals surface area contributed by atoms with E-state index in [9.17, 15) is 9.59 Å². The Morgan fingerprint density at radius 1 is 1.30 bits per heavy atom. The number of anilines is 1. The van der Waals surface area contributed by atoms with Crippen molar-refractivity contribution in [2.24, 2.45) is 0 Å². The number of benzene rings is 1. The van der Waals surface area contributed by atoms with Crippen LogP contribution in [0.5, 0.6) is 0 Å². The fourth-order valence-corrected chi connectivity index (χ4v) is 3.79. The normalized spacial score (nSPS) is 10.8. The molecule has 7 heteroatoms. The second-order valence-electron chi connectivity index (χ2n) is 4.77. The fraction of sp³-hybridized carbons (Fsp3) is 0.188. The van der Waals surface area contributed by atoms with Crippen LogP contribution in [-0.4, -0.2) is 28.2 Å². The quantitative estimate of drug-likeness (QED) is 0.570. The summed E-state index contributed by atoms with van der Waals surface area (Å²) in [5, 5.41) is 2.90. The number of fused-ring (bicyclic) bond motifs is 1. The minimum atomic E-state index is -0.165. The van der Waals surface area contributed by atoms with Gasteiger partial charge in [0.1, 0.15) is 4.83 Å². The first-order chi connectivity index (χ1) is 11.2. The molecule has 0 atom stereocenters. The average molecular weight is 345 g/mol. The van der Waals surface area contributed by atoms with Crippen molar-refractivity contribution in [3.63, 3.8) is 0 Å². The molecule has 5 nitrogen and oxygen atoms in total. The van der Waals surface area contributed by atoms with Crippen LogP contribution in [-0.2, 0) is 4.79 Å². The standard InChI is InChI=1S/C16H15N3O2S2/c1-2-19(11-6-4-3-5-7-11)13(20)10-23-16-17-14(21)12-8-9-22-15(12)18-16/h3-9H,2,10H2,1H3,(H,17,18,21). The molecule has 1 N–H and O–H groups in total. The molecule has 0 saturated heterocycles. The second kappa shape index (κ2) is 6.97. The van der Waals surface area contributed by atoms with Crippen LogP contribution in [0.1, 0.15) is 6.92 Å². The molecule has 0 spiro atoms. The summed E-state index contributed by atoms with van der Waals surface area (Å²) in [5.74, 6) is 0.209. The highest BCUT2D eigenvalue weighted by molar-refractivity contribution is 7.99. The first-order valence-corrected chi connectivity index (χ1v) is 9.01. The topological polar surface area (TPSA) is 66.1 Å². The Morgan fingerprint density at radius 3 is 2.83 bits per heavy atom. The van der Waals surface area contributed by atoms with Crippen molar-refractivity contribution < 1.29 is 4.79 Å². The lowest BCUT2D eigenvalue weighted by Crippen LogP contribution is -2.32. The minimum absolute atomic E-state index is 0.0161. The molecule has 1 amide bonds. The molecule has 0 unspecified atom stereocenters. The Labute approximate surface area is 141 Å². The first-order valence-electron chi connectivity index (χ1n) is 7.14. The molecule has 2 heterocycles. The van der Waals surface area contributed by atoms with Gasteiger partial charge in [-0.15, -0.1) is 11.3 Å². The van der Waals surface area contributed by atoms with Crippen molar-refractivity contribution in [2.45, 2.75) is 12.1 Å². The molecular formula is C16H15N3O2S2. The number of aromatic amines is 1. The maximum absolute atomic E-state index is 12.4. The number of thioether (sulfide) groups is 1. The molecule has 2 aromatic heterocycles. The van der Waals surface area contributed by atoms with E-state index in [-0.39, 0.29) is 17.2 Å². The van der Waals surface area contributed by atoms with Gasteiger partial charge in [0.2, 0.25) is 5.91 Å². The monoisotopic (exact) mass is 345 g/mol. The molecule has 3 rings (SSSR count). The molecule has 118 valence electrons. The summed E-state index contributed by atoms with van der Waals surface area (Å²) in [6.07, 6.45) is 0. The van der Waals surface area contributed by atoms with Gasteiger partial charge in [-0.05, 0) is 30.5 Å². The van der Waals surface area contributed by atoms with Crippen molar-refractivity contribution in [3.8, 4) is 0 Å². The van der Waals surface area contributed by atoms with Gasteiger partial charge >= 0.3 is 0 Å². The van der Waals surface area contributed by atoms with Crippen LogP contribution in [0.25, 0.3) is 10.2 Å². The maximum Gasteiger partial charge on any atom is 0.260 e. The molecule has 1 aromatic carbocycles. The van der Waals surface area contributed by atoms with Crippen LogP contribution in [0.4, 0.5) is 5.69 Å². The van der Waals surface area contributed by atoms with Crippen LogP contribution in [0.3, 0.4) is 0 Å². The van der Waals surface area contributed by atoms with Crippen molar-refractivity contribution >= 4 is 44.9 Å². The molecular weight excluding hydrogens is 330 g/mol. The number of nitrogens with zero attached hydrogens (tertiary/aromatic N) is 2. The number of hydrogen-bond acceptors (Lipinski definition) is 5. The van der Waals surface area contributed by atoms with Gasteiger partial charge in [0, 0.05) is 12.2 Å². The summed E-state index contributed by atoms with van der Waals surface area (Å²) in [5.41, 5.74) is 0.706. The number of hydrogen-bond donors (Lipinski definition) is 1. The number of H-pyrrole nitrogens is 1. The fourth-order valence-electron chi connectivity index (χ4n) is 2.23.